The topological polar surface area (TPSA) is 79.6 Å². The molecule has 2 aliphatic rings. The van der Waals surface area contributed by atoms with Crippen molar-refractivity contribution in [3.05, 3.63) is 12.3 Å². The Morgan fingerprint density at radius 3 is 2.78 bits per heavy atom. The predicted molar refractivity (Wildman–Crippen MR) is 86.1 cm³/mol. The smallest absolute Gasteiger partial charge is 0.239 e. The molecule has 0 aromatic carbocycles. The van der Waals surface area contributed by atoms with Crippen LogP contribution in [0.4, 0.5) is 5.82 Å². The molecule has 1 unspecified atom stereocenters. The summed E-state index contributed by atoms with van der Waals surface area (Å²) in [4.78, 5) is 14.2. The van der Waals surface area contributed by atoms with Gasteiger partial charge in [-0.25, -0.2) is 0 Å². The third-order valence-electron chi connectivity index (χ3n) is 4.87. The minimum Gasteiger partial charge on any atom is -0.390 e. The van der Waals surface area contributed by atoms with E-state index in [1.165, 1.54) is 0 Å². The summed E-state index contributed by atoms with van der Waals surface area (Å²) >= 11 is 0. The van der Waals surface area contributed by atoms with Crippen LogP contribution in [0.25, 0.3) is 0 Å². The molecule has 1 amide bonds. The van der Waals surface area contributed by atoms with Crippen molar-refractivity contribution in [2.45, 2.75) is 43.8 Å². The number of hydrogen-bond acceptors (Lipinski definition) is 5. The highest BCUT2D eigenvalue weighted by molar-refractivity contribution is 5.91. The Morgan fingerprint density at radius 1 is 1.43 bits per heavy atom. The fraction of sp³-hybridized carbons (Fsp3) is 0.750. The lowest BCUT2D eigenvalue weighted by Crippen LogP contribution is -2.54. The van der Waals surface area contributed by atoms with Gasteiger partial charge in [0.2, 0.25) is 5.91 Å². The van der Waals surface area contributed by atoms with E-state index in [2.05, 4.69) is 15.3 Å². The minimum atomic E-state index is -0.628. The van der Waals surface area contributed by atoms with Crippen molar-refractivity contribution in [2.24, 2.45) is 7.05 Å². The van der Waals surface area contributed by atoms with Crippen molar-refractivity contribution in [3.63, 3.8) is 0 Å². The Morgan fingerprint density at radius 2 is 2.17 bits per heavy atom. The molecule has 1 spiro atoms. The van der Waals surface area contributed by atoms with Crippen LogP contribution in [0.15, 0.2) is 12.3 Å². The number of aliphatic hydroxyl groups is 1. The number of aromatic nitrogens is 2. The number of ether oxygens (including phenoxy) is 1. The van der Waals surface area contributed by atoms with E-state index in [1.54, 1.807) is 16.9 Å². The number of amides is 1. The van der Waals surface area contributed by atoms with Crippen molar-refractivity contribution in [3.8, 4) is 0 Å². The average molecular weight is 322 g/mol. The van der Waals surface area contributed by atoms with Gasteiger partial charge in [-0.2, -0.15) is 5.10 Å². The molecular formula is C16H26N4O3. The molecule has 7 heteroatoms. The van der Waals surface area contributed by atoms with Crippen LogP contribution in [0.1, 0.15) is 32.6 Å². The lowest BCUT2D eigenvalue weighted by molar-refractivity contribution is -0.173. The second-order valence-corrected chi connectivity index (χ2v) is 7.15. The summed E-state index contributed by atoms with van der Waals surface area (Å²) in [6.07, 6.45) is 4.91. The number of carbonyl (C=O) groups is 1. The highest BCUT2D eigenvalue weighted by atomic mass is 16.5. The summed E-state index contributed by atoms with van der Waals surface area (Å²) in [5.41, 5.74) is -0.841. The normalized spacial score (nSPS) is 28.0. The number of nitrogens with one attached hydrogen (secondary N) is 1. The molecular weight excluding hydrogens is 296 g/mol. The van der Waals surface area contributed by atoms with Gasteiger partial charge in [0, 0.05) is 38.8 Å². The van der Waals surface area contributed by atoms with Gasteiger partial charge < -0.3 is 15.2 Å². The van der Waals surface area contributed by atoms with Crippen LogP contribution in [0.3, 0.4) is 0 Å². The van der Waals surface area contributed by atoms with E-state index < -0.39 is 5.60 Å². The molecule has 23 heavy (non-hydrogen) atoms. The molecule has 0 radical (unpaired) electrons. The van der Waals surface area contributed by atoms with Gasteiger partial charge in [0.1, 0.15) is 0 Å². The first-order valence-electron chi connectivity index (χ1n) is 8.24. The van der Waals surface area contributed by atoms with Crippen LogP contribution < -0.4 is 5.32 Å². The highest BCUT2D eigenvalue weighted by Gasteiger charge is 2.44. The van der Waals surface area contributed by atoms with Crippen molar-refractivity contribution >= 4 is 11.7 Å². The second kappa shape index (κ2) is 6.22. The molecule has 2 saturated heterocycles. The molecule has 128 valence electrons. The maximum Gasteiger partial charge on any atom is 0.239 e. The molecule has 2 aliphatic heterocycles. The maximum atomic E-state index is 12.1. The highest BCUT2D eigenvalue weighted by Crippen LogP contribution is 2.39. The Balaban J connectivity index is 1.48. The SMILES string of the molecule is Cn1ccc(NC(=O)CN2CCC3(CC2)CC(C)(O)CCO3)n1. The summed E-state index contributed by atoms with van der Waals surface area (Å²) in [5.74, 6) is 0.536. The summed E-state index contributed by atoms with van der Waals surface area (Å²) in [6.45, 7) is 4.50. The number of nitrogens with zero attached hydrogens (tertiary/aromatic N) is 3. The van der Waals surface area contributed by atoms with Gasteiger partial charge >= 0.3 is 0 Å². The lowest BCUT2D eigenvalue weighted by atomic mass is 9.78. The largest absolute Gasteiger partial charge is 0.390 e. The van der Waals surface area contributed by atoms with Gasteiger partial charge in [0.25, 0.3) is 0 Å². The first kappa shape index (κ1) is 16.4. The van der Waals surface area contributed by atoms with Crippen LogP contribution >= 0.6 is 0 Å². The molecule has 1 aromatic heterocycles. The van der Waals surface area contributed by atoms with E-state index in [4.69, 9.17) is 4.74 Å². The number of likely N-dealkylation sites (tertiary alicyclic amines) is 1. The average Bonchev–Trinajstić information content (AvgIpc) is 2.86. The van der Waals surface area contributed by atoms with E-state index in [-0.39, 0.29) is 11.5 Å². The van der Waals surface area contributed by atoms with Crippen molar-refractivity contribution < 1.29 is 14.6 Å². The van der Waals surface area contributed by atoms with Gasteiger partial charge in [0.05, 0.1) is 24.4 Å². The molecule has 1 atom stereocenters. The fourth-order valence-electron chi connectivity index (χ4n) is 3.63. The van der Waals surface area contributed by atoms with Crippen LogP contribution in [0.5, 0.6) is 0 Å². The molecule has 0 aliphatic carbocycles. The van der Waals surface area contributed by atoms with Crippen LogP contribution in [0, 0.1) is 0 Å². The number of anilines is 1. The number of rotatable bonds is 3. The van der Waals surface area contributed by atoms with E-state index in [0.717, 1.165) is 25.9 Å². The lowest BCUT2D eigenvalue weighted by Gasteiger charge is -2.48. The quantitative estimate of drug-likeness (QED) is 0.859. The van der Waals surface area contributed by atoms with Crippen LogP contribution in [0.2, 0.25) is 0 Å². The zero-order chi connectivity index (χ0) is 16.5. The van der Waals surface area contributed by atoms with Crippen molar-refractivity contribution in [2.75, 3.05) is 31.6 Å². The first-order chi connectivity index (χ1) is 10.9. The van der Waals surface area contributed by atoms with E-state index >= 15 is 0 Å². The molecule has 3 rings (SSSR count). The number of aryl methyl sites for hydroxylation is 1. The standard InChI is InChI=1S/C16H26N4O3/c1-15(22)6-10-23-16(12-15)4-8-20(9-5-16)11-14(21)17-13-3-7-19(2)18-13/h3,7,22H,4-6,8-12H2,1-2H3,(H,17,18,21). The summed E-state index contributed by atoms with van der Waals surface area (Å²) < 4.78 is 7.65. The molecule has 1 aromatic rings. The van der Waals surface area contributed by atoms with Crippen LogP contribution in [-0.2, 0) is 16.6 Å². The third-order valence-corrected chi connectivity index (χ3v) is 4.87. The molecule has 0 saturated carbocycles. The van der Waals surface area contributed by atoms with Gasteiger partial charge in [-0.15, -0.1) is 0 Å². The van der Waals surface area contributed by atoms with Gasteiger partial charge in [0.15, 0.2) is 5.82 Å². The van der Waals surface area contributed by atoms with E-state index in [9.17, 15) is 9.90 Å². The number of hydrogen-bond donors (Lipinski definition) is 2. The first-order valence-corrected chi connectivity index (χ1v) is 8.24. The maximum absolute atomic E-state index is 12.1. The summed E-state index contributed by atoms with van der Waals surface area (Å²) in [7, 11) is 1.82. The van der Waals surface area contributed by atoms with E-state index in [0.29, 0.717) is 31.8 Å². The Kier molecular flexibility index (Phi) is 4.44. The molecule has 2 N–H and O–H groups in total. The van der Waals surface area contributed by atoms with Gasteiger partial charge in [-0.1, -0.05) is 0 Å². The van der Waals surface area contributed by atoms with Gasteiger partial charge in [-0.3, -0.25) is 14.4 Å². The summed E-state index contributed by atoms with van der Waals surface area (Å²) in [6, 6.07) is 1.78. The molecule has 2 fully saturated rings. The Labute approximate surface area is 136 Å². The molecule has 7 nitrogen and oxygen atoms in total. The summed E-state index contributed by atoms with van der Waals surface area (Å²) in [5, 5.41) is 17.3. The predicted octanol–water partition coefficient (Wildman–Crippen LogP) is 0.755. The number of piperidine rings is 1. The second-order valence-electron chi connectivity index (χ2n) is 7.15. The third kappa shape index (κ3) is 4.10. The zero-order valence-electron chi connectivity index (χ0n) is 13.9. The monoisotopic (exact) mass is 322 g/mol. The molecule has 3 heterocycles. The Bertz CT molecular complexity index is 561. The van der Waals surface area contributed by atoms with Gasteiger partial charge in [-0.05, 0) is 26.2 Å². The zero-order valence-corrected chi connectivity index (χ0v) is 13.9. The molecule has 0 bridgehead atoms. The van der Waals surface area contributed by atoms with Crippen molar-refractivity contribution in [1.82, 2.24) is 14.7 Å². The van der Waals surface area contributed by atoms with Crippen molar-refractivity contribution in [1.29, 1.82) is 0 Å². The Hall–Kier alpha value is -1.44. The minimum absolute atomic E-state index is 0.0452. The van der Waals surface area contributed by atoms with Crippen LogP contribution in [-0.4, -0.2) is 63.1 Å². The van der Waals surface area contributed by atoms with E-state index in [1.807, 2.05) is 14.0 Å². The number of carbonyl (C=O) groups excluding carboxylic acids is 1. The fourth-order valence-corrected chi connectivity index (χ4v) is 3.63.